The van der Waals surface area contributed by atoms with E-state index in [1.165, 1.54) is 122 Å². The number of hydrogen-bond acceptors (Lipinski definition) is 3. The van der Waals surface area contributed by atoms with Gasteiger partial charge in [-0.15, -0.1) is 0 Å². The predicted octanol–water partition coefficient (Wildman–Crippen LogP) is 19.8. The van der Waals surface area contributed by atoms with Gasteiger partial charge in [-0.2, -0.15) is 0 Å². The van der Waals surface area contributed by atoms with Crippen LogP contribution in [0.4, 0.5) is 17.1 Å². The lowest BCUT2D eigenvalue weighted by atomic mass is 9.72. The van der Waals surface area contributed by atoms with Crippen molar-refractivity contribution in [1.82, 2.24) is 0 Å². The summed E-state index contributed by atoms with van der Waals surface area (Å²) in [6, 6.07) is 69.8. The van der Waals surface area contributed by atoms with Gasteiger partial charge in [-0.05, 0) is 138 Å². The highest BCUT2D eigenvalue weighted by molar-refractivity contribution is 6.22. The van der Waals surface area contributed by atoms with Crippen LogP contribution < -0.4 is 4.90 Å². The van der Waals surface area contributed by atoms with Gasteiger partial charge < -0.3 is 13.7 Å². The summed E-state index contributed by atoms with van der Waals surface area (Å²) in [5.41, 5.74) is 29.7. The number of furan rings is 2. The number of anilines is 3. The molecule has 3 heteroatoms. The molecule has 2 aromatic heterocycles. The van der Waals surface area contributed by atoms with Crippen molar-refractivity contribution in [3.05, 3.63) is 233 Å². The summed E-state index contributed by atoms with van der Waals surface area (Å²) in [5.74, 6) is 0. The lowest BCUT2D eigenvalue weighted by molar-refractivity contribution is 0.600. The molecule has 0 bridgehead atoms. The maximum atomic E-state index is 7.03. The smallest absolute Gasteiger partial charge is 0.144 e. The predicted molar refractivity (Wildman–Crippen MR) is 311 cm³/mol. The molecule has 0 saturated carbocycles. The van der Waals surface area contributed by atoms with Crippen molar-refractivity contribution in [2.45, 2.75) is 77.0 Å². The first kappa shape index (κ1) is 43.0. The molecule has 4 aliphatic carbocycles. The van der Waals surface area contributed by atoms with Crippen molar-refractivity contribution in [1.29, 1.82) is 0 Å². The van der Waals surface area contributed by atoms with Crippen LogP contribution in [0.15, 0.2) is 197 Å². The molecule has 4 aliphatic rings. The van der Waals surface area contributed by atoms with E-state index in [0.29, 0.717) is 0 Å². The Morgan fingerprint density at radius 1 is 0.307 bits per heavy atom. The van der Waals surface area contributed by atoms with Gasteiger partial charge in [0.15, 0.2) is 0 Å². The highest BCUT2D eigenvalue weighted by Gasteiger charge is 2.51. The van der Waals surface area contributed by atoms with Crippen LogP contribution in [0.2, 0.25) is 0 Å². The van der Waals surface area contributed by atoms with Gasteiger partial charge in [0.1, 0.15) is 22.3 Å². The number of nitrogens with zero attached hydrogens (tertiary/aromatic N) is 1. The molecule has 3 nitrogen and oxygen atoms in total. The molecule has 0 fully saturated rings. The topological polar surface area (TPSA) is 29.5 Å². The summed E-state index contributed by atoms with van der Waals surface area (Å²) >= 11 is 0. The van der Waals surface area contributed by atoms with Crippen molar-refractivity contribution < 1.29 is 8.83 Å². The van der Waals surface area contributed by atoms with E-state index < -0.39 is 0 Å². The normalized spacial score (nSPS) is 16.2. The largest absolute Gasteiger partial charge is 0.455 e. The van der Waals surface area contributed by atoms with E-state index in [-0.39, 0.29) is 21.7 Å². The summed E-state index contributed by atoms with van der Waals surface area (Å²) < 4.78 is 14.1. The maximum Gasteiger partial charge on any atom is 0.144 e. The zero-order chi connectivity index (χ0) is 50.7. The second-order valence-corrected chi connectivity index (χ2v) is 23.9. The standard InChI is InChI=1S/C72H55NO2/c1-69(2)51-26-16-12-22-45(51)61-65(69)63-57(59-49-24-14-18-28-55(49)74-67(59)61)47-36-34-43(38-53(47)71(63,5)6)73(42-32-30-41(31-33-42)40-20-10-9-11-21-40)44-35-37-48-54(39-44)72(7,8)64-58(48)60-50-25-15-19-29-56(50)75-68(60)62-46-23-13-17-27-52(46)70(3,4)66(62)64/h9-39H,1-8H3. The molecule has 2 heterocycles. The molecule has 75 heavy (non-hydrogen) atoms. The second-order valence-electron chi connectivity index (χ2n) is 23.9. The van der Waals surface area contributed by atoms with Crippen LogP contribution in [-0.2, 0) is 21.7 Å². The number of para-hydroxylation sites is 2. The average Bonchev–Trinajstić information content (AvgIpc) is 4.28. The molecule has 16 rings (SSSR count). The summed E-state index contributed by atoms with van der Waals surface area (Å²) in [7, 11) is 0. The highest BCUT2D eigenvalue weighted by Crippen LogP contribution is 2.66. The van der Waals surface area contributed by atoms with Crippen molar-refractivity contribution in [3.63, 3.8) is 0 Å². The third-order valence-electron chi connectivity index (χ3n) is 18.5. The summed E-state index contributed by atoms with van der Waals surface area (Å²) in [6.07, 6.45) is 0. The van der Waals surface area contributed by atoms with Crippen molar-refractivity contribution in [3.8, 4) is 55.6 Å². The molecular formula is C72H55NO2. The Labute approximate surface area is 437 Å². The van der Waals surface area contributed by atoms with Gasteiger partial charge in [0.05, 0.1) is 0 Å². The van der Waals surface area contributed by atoms with Crippen LogP contribution >= 0.6 is 0 Å². The molecule has 10 aromatic carbocycles. The first-order valence-corrected chi connectivity index (χ1v) is 26.8. The Morgan fingerprint density at radius 3 is 1.15 bits per heavy atom. The molecule has 0 unspecified atom stereocenters. The van der Waals surface area contributed by atoms with Gasteiger partial charge in [-0.25, -0.2) is 0 Å². The van der Waals surface area contributed by atoms with E-state index in [1.807, 2.05) is 0 Å². The highest BCUT2D eigenvalue weighted by atomic mass is 16.3. The molecule has 0 atom stereocenters. The summed E-state index contributed by atoms with van der Waals surface area (Å²) in [5, 5.41) is 4.78. The zero-order valence-corrected chi connectivity index (χ0v) is 43.7. The van der Waals surface area contributed by atoms with E-state index >= 15 is 0 Å². The Balaban J connectivity index is 0.932. The van der Waals surface area contributed by atoms with Crippen LogP contribution in [0, 0.1) is 0 Å². The quantitative estimate of drug-likeness (QED) is 0.176. The van der Waals surface area contributed by atoms with Gasteiger partial charge in [0.2, 0.25) is 0 Å². The minimum atomic E-state index is -0.343. The minimum Gasteiger partial charge on any atom is -0.455 e. The number of fused-ring (bicyclic) bond motifs is 24. The lowest BCUT2D eigenvalue weighted by Crippen LogP contribution is -2.24. The van der Waals surface area contributed by atoms with Gasteiger partial charge in [0, 0.05) is 71.4 Å². The van der Waals surface area contributed by atoms with Crippen LogP contribution in [-0.4, -0.2) is 0 Å². The van der Waals surface area contributed by atoms with E-state index in [4.69, 9.17) is 8.83 Å². The molecular weight excluding hydrogens is 911 g/mol. The summed E-state index contributed by atoms with van der Waals surface area (Å²) in [4.78, 5) is 2.51. The first-order chi connectivity index (χ1) is 36.3. The van der Waals surface area contributed by atoms with E-state index in [0.717, 1.165) is 39.4 Å². The lowest BCUT2D eigenvalue weighted by Gasteiger charge is -2.32. The fourth-order valence-electron chi connectivity index (χ4n) is 15.2. The fourth-order valence-corrected chi connectivity index (χ4v) is 15.2. The summed E-state index contributed by atoms with van der Waals surface area (Å²) in [6.45, 7) is 19.5. The number of rotatable bonds is 4. The number of benzene rings is 10. The monoisotopic (exact) mass is 965 g/mol. The number of hydrogen-bond donors (Lipinski definition) is 0. The Hall–Kier alpha value is -8.40. The Bertz CT molecular complexity index is 4270. The Kier molecular flexibility index (Phi) is 8.18. The Morgan fingerprint density at radius 2 is 0.667 bits per heavy atom. The molecule has 0 saturated heterocycles. The molecule has 0 spiro atoms. The molecule has 12 aromatic rings. The van der Waals surface area contributed by atoms with E-state index in [2.05, 4.69) is 248 Å². The van der Waals surface area contributed by atoms with Crippen LogP contribution in [0.5, 0.6) is 0 Å². The molecule has 360 valence electrons. The molecule has 0 amide bonds. The van der Waals surface area contributed by atoms with Crippen molar-refractivity contribution in [2.24, 2.45) is 0 Å². The third-order valence-corrected chi connectivity index (χ3v) is 18.5. The minimum absolute atomic E-state index is 0.237. The second kappa shape index (κ2) is 14.3. The molecule has 0 aliphatic heterocycles. The average molecular weight is 966 g/mol. The van der Waals surface area contributed by atoms with Gasteiger partial charge in [-0.1, -0.05) is 195 Å². The van der Waals surface area contributed by atoms with E-state index in [9.17, 15) is 0 Å². The maximum absolute atomic E-state index is 7.03. The van der Waals surface area contributed by atoms with Crippen molar-refractivity contribution in [2.75, 3.05) is 4.90 Å². The first-order valence-electron chi connectivity index (χ1n) is 26.8. The van der Waals surface area contributed by atoms with Crippen LogP contribution in [0.3, 0.4) is 0 Å². The van der Waals surface area contributed by atoms with Crippen LogP contribution in [0.1, 0.15) is 99.9 Å². The zero-order valence-electron chi connectivity index (χ0n) is 43.7. The molecule has 0 radical (unpaired) electrons. The van der Waals surface area contributed by atoms with Gasteiger partial charge in [0.25, 0.3) is 0 Å². The van der Waals surface area contributed by atoms with Gasteiger partial charge >= 0.3 is 0 Å². The van der Waals surface area contributed by atoms with Crippen molar-refractivity contribution >= 4 is 60.9 Å². The van der Waals surface area contributed by atoms with Crippen LogP contribution in [0.25, 0.3) is 99.5 Å². The van der Waals surface area contributed by atoms with E-state index in [1.54, 1.807) is 0 Å². The molecule has 0 N–H and O–H groups in total. The fraction of sp³-hybridized carbons (Fsp3) is 0.167. The SMILES string of the molecule is CC1(C)c2ccccc2-c2c1c1c(c3c2oc2ccccc23)-c2ccc(N(c3ccc(-c4ccccc4)cc3)c3ccc4c(c3)C(C)(C)c3c5c(c6oc7ccccc7c6c3-4)-c3ccccc3C5(C)C)cc2C1(C)C. The third kappa shape index (κ3) is 5.31. The van der Waals surface area contributed by atoms with Gasteiger partial charge in [-0.3, -0.25) is 0 Å².